The van der Waals surface area contributed by atoms with Crippen LogP contribution < -0.4 is 10.2 Å². The normalized spacial score (nSPS) is 22.3. The van der Waals surface area contributed by atoms with E-state index in [1.54, 1.807) is 11.3 Å². The Labute approximate surface area is 157 Å². The van der Waals surface area contributed by atoms with Crippen molar-refractivity contribution in [2.24, 2.45) is 0 Å². The van der Waals surface area contributed by atoms with Gasteiger partial charge in [0.25, 0.3) is 0 Å². The number of morpholine rings is 1. The Morgan fingerprint density at radius 2 is 2.16 bits per heavy atom. The lowest BCUT2D eigenvalue weighted by molar-refractivity contribution is 0.122. The van der Waals surface area contributed by atoms with Gasteiger partial charge in [0.1, 0.15) is 0 Å². The average molecular weight is 379 g/mol. The van der Waals surface area contributed by atoms with Crippen molar-refractivity contribution in [1.82, 2.24) is 15.2 Å². The molecule has 1 aromatic heterocycles. The average Bonchev–Trinajstić information content (AvgIpc) is 3.11. The molecule has 0 aliphatic carbocycles. The fourth-order valence-corrected chi connectivity index (χ4v) is 4.64. The first-order chi connectivity index (χ1) is 12.3. The van der Waals surface area contributed by atoms with Crippen LogP contribution in [0.5, 0.6) is 0 Å². The van der Waals surface area contributed by atoms with Gasteiger partial charge in [0.15, 0.2) is 5.13 Å². The first kappa shape index (κ1) is 17.2. The van der Waals surface area contributed by atoms with E-state index in [1.165, 1.54) is 10.4 Å². The Morgan fingerprint density at radius 1 is 1.28 bits per heavy atom. The molecular formula is C18H23ClN4OS. The van der Waals surface area contributed by atoms with Gasteiger partial charge in [-0.15, -0.1) is 11.3 Å². The second-order valence-electron chi connectivity index (χ2n) is 6.45. The van der Waals surface area contributed by atoms with Crippen LogP contribution in [0.3, 0.4) is 0 Å². The van der Waals surface area contributed by atoms with Gasteiger partial charge < -0.3 is 15.0 Å². The lowest BCUT2D eigenvalue weighted by atomic mass is 10.0. The van der Waals surface area contributed by atoms with Gasteiger partial charge >= 0.3 is 0 Å². The molecule has 1 atom stereocenters. The SMILES string of the molecule is Clc1cccc(C2CNCCN2Cc2cnc(N3CCOCC3)s2)c1. The third-order valence-corrected chi connectivity index (χ3v) is 6.05. The van der Waals surface area contributed by atoms with Gasteiger partial charge in [0.05, 0.1) is 13.2 Å². The molecule has 1 aromatic carbocycles. The molecule has 2 aliphatic heterocycles. The summed E-state index contributed by atoms with van der Waals surface area (Å²) in [6.07, 6.45) is 2.03. The van der Waals surface area contributed by atoms with Gasteiger partial charge in [-0.25, -0.2) is 4.98 Å². The van der Waals surface area contributed by atoms with E-state index in [0.717, 1.165) is 62.6 Å². The monoisotopic (exact) mass is 378 g/mol. The van der Waals surface area contributed by atoms with Gasteiger partial charge in [-0.1, -0.05) is 23.7 Å². The van der Waals surface area contributed by atoms with Crippen molar-refractivity contribution in [2.75, 3.05) is 50.8 Å². The molecule has 7 heteroatoms. The summed E-state index contributed by atoms with van der Waals surface area (Å²) in [5.74, 6) is 0. The van der Waals surface area contributed by atoms with E-state index in [0.29, 0.717) is 6.04 Å². The molecule has 134 valence electrons. The number of benzene rings is 1. The van der Waals surface area contributed by atoms with E-state index in [4.69, 9.17) is 16.3 Å². The summed E-state index contributed by atoms with van der Waals surface area (Å²) < 4.78 is 5.43. The maximum absolute atomic E-state index is 6.20. The van der Waals surface area contributed by atoms with E-state index >= 15 is 0 Å². The molecule has 2 aromatic rings. The second-order valence-corrected chi connectivity index (χ2v) is 7.98. The highest BCUT2D eigenvalue weighted by molar-refractivity contribution is 7.15. The molecule has 0 radical (unpaired) electrons. The fraction of sp³-hybridized carbons (Fsp3) is 0.500. The molecule has 0 spiro atoms. The maximum Gasteiger partial charge on any atom is 0.185 e. The Kier molecular flexibility index (Phi) is 5.53. The van der Waals surface area contributed by atoms with Crippen LogP contribution in [0.1, 0.15) is 16.5 Å². The number of piperazine rings is 1. The first-order valence-corrected chi connectivity index (χ1v) is 9.97. The number of thiazole rings is 1. The van der Waals surface area contributed by atoms with Gasteiger partial charge in [0.2, 0.25) is 0 Å². The van der Waals surface area contributed by atoms with Crippen LogP contribution >= 0.6 is 22.9 Å². The van der Waals surface area contributed by atoms with Crippen LogP contribution in [0.15, 0.2) is 30.5 Å². The lowest BCUT2D eigenvalue weighted by Crippen LogP contribution is -2.45. The zero-order valence-corrected chi connectivity index (χ0v) is 15.7. The van der Waals surface area contributed by atoms with Crippen molar-refractivity contribution in [3.63, 3.8) is 0 Å². The summed E-state index contributed by atoms with van der Waals surface area (Å²) in [6, 6.07) is 8.57. The highest BCUT2D eigenvalue weighted by atomic mass is 35.5. The smallest absolute Gasteiger partial charge is 0.185 e. The highest BCUT2D eigenvalue weighted by Gasteiger charge is 2.25. The Balaban J connectivity index is 1.47. The van der Waals surface area contributed by atoms with Gasteiger partial charge in [0, 0.05) is 61.4 Å². The molecule has 2 aliphatic rings. The third kappa shape index (κ3) is 4.15. The second kappa shape index (κ2) is 8.01. The van der Waals surface area contributed by atoms with Gasteiger partial charge in [-0.2, -0.15) is 0 Å². The number of ether oxygens (including phenoxy) is 1. The van der Waals surface area contributed by atoms with E-state index in [-0.39, 0.29) is 0 Å². The maximum atomic E-state index is 6.20. The molecule has 0 amide bonds. The van der Waals surface area contributed by atoms with Crippen molar-refractivity contribution >= 4 is 28.1 Å². The zero-order chi connectivity index (χ0) is 17.1. The predicted octanol–water partition coefficient (Wildman–Crippen LogP) is 2.78. The van der Waals surface area contributed by atoms with Crippen LogP contribution in [0.4, 0.5) is 5.13 Å². The van der Waals surface area contributed by atoms with Crippen LogP contribution in [-0.4, -0.2) is 55.8 Å². The number of rotatable bonds is 4. The molecular weight excluding hydrogens is 356 g/mol. The number of halogens is 1. The number of hydrogen-bond donors (Lipinski definition) is 1. The van der Waals surface area contributed by atoms with E-state index in [1.807, 2.05) is 18.3 Å². The van der Waals surface area contributed by atoms with Crippen LogP contribution in [0.2, 0.25) is 5.02 Å². The van der Waals surface area contributed by atoms with E-state index < -0.39 is 0 Å². The molecule has 2 saturated heterocycles. The zero-order valence-electron chi connectivity index (χ0n) is 14.2. The highest BCUT2D eigenvalue weighted by Crippen LogP contribution is 2.29. The Hall–Kier alpha value is -1.18. The Morgan fingerprint density at radius 3 is 3.00 bits per heavy atom. The fourth-order valence-electron chi connectivity index (χ4n) is 3.45. The topological polar surface area (TPSA) is 40.6 Å². The molecule has 2 fully saturated rings. The standard InChI is InChI=1S/C18H23ClN4OS/c19-15-3-1-2-14(10-15)17-12-20-4-5-23(17)13-16-11-21-18(25-16)22-6-8-24-9-7-22/h1-3,10-11,17,20H,4-9,12-13H2. The summed E-state index contributed by atoms with van der Waals surface area (Å²) in [4.78, 5) is 10.8. The number of hydrogen-bond acceptors (Lipinski definition) is 6. The first-order valence-electron chi connectivity index (χ1n) is 8.77. The minimum absolute atomic E-state index is 0.349. The van der Waals surface area contributed by atoms with Crippen LogP contribution in [0.25, 0.3) is 0 Å². The van der Waals surface area contributed by atoms with Crippen molar-refractivity contribution < 1.29 is 4.74 Å². The lowest BCUT2D eigenvalue weighted by Gasteiger charge is -2.36. The van der Waals surface area contributed by atoms with Crippen LogP contribution in [0, 0.1) is 0 Å². The largest absolute Gasteiger partial charge is 0.378 e. The van der Waals surface area contributed by atoms with Crippen molar-refractivity contribution in [1.29, 1.82) is 0 Å². The minimum atomic E-state index is 0.349. The third-order valence-electron chi connectivity index (χ3n) is 4.77. The number of nitrogens with zero attached hydrogens (tertiary/aromatic N) is 3. The summed E-state index contributed by atoms with van der Waals surface area (Å²) >= 11 is 8.00. The van der Waals surface area contributed by atoms with Crippen LogP contribution in [-0.2, 0) is 11.3 Å². The van der Waals surface area contributed by atoms with Crippen molar-refractivity contribution in [3.8, 4) is 0 Å². The molecule has 0 bridgehead atoms. The minimum Gasteiger partial charge on any atom is -0.378 e. The molecule has 3 heterocycles. The van der Waals surface area contributed by atoms with E-state index in [2.05, 4.69) is 32.2 Å². The summed E-state index contributed by atoms with van der Waals surface area (Å²) in [5, 5.41) is 5.43. The molecule has 0 saturated carbocycles. The molecule has 25 heavy (non-hydrogen) atoms. The predicted molar refractivity (Wildman–Crippen MR) is 103 cm³/mol. The molecule has 5 nitrogen and oxygen atoms in total. The summed E-state index contributed by atoms with van der Waals surface area (Å²) in [5.41, 5.74) is 1.28. The molecule has 1 N–H and O–H groups in total. The van der Waals surface area contributed by atoms with Crippen molar-refractivity contribution in [2.45, 2.75) is 12.6 Å². The number of nitrogens with one attached hydrogen (secondary N) is 1. The summed E-state index contributed by atoms with van der Waals surface area (Å²) in [7, 11) is 0. The van der Waals surface area contributed by atoms with Gasteiger partial charge in [-0.3, -0.25) is 4.90 Å². The molecule has 1 unspecified atom stereocenters. The Bertz CT molecular complexity index is 704. The quantitative estimate of drug-likeness (QED) is 0.885. The van der Waals surface area contributed by atoms with E-state index in [9.17, 15) is 0 Å². The number of anilines is 1. The van der Waals surface area contributed by atoms with Crippen molar-refractivity contribution in [3.05, 3.63) is 45.9 Å². The summed E-state index contributed by atoms with van der Waals surface area (Å²) in [6.45, 7) is 7.40. The van der Waals surface area contributed by atoms with Gasteiger partial charge in [-0.05, 0) is 17.7 Å². The number of aromatic nitrogens is 1. The molecule has 4 rings (SSSR count).